The summed E-state index contributed by atoms with van der Waals surface area (Å²) in [5.41, 5.74) is 3.38. The SMILES string of the molecule is O=C(O)C(F)(F)F.O=C(O)C(F)(F)F.c1ccc(CN2CCC(c3nc4ccc(N5CCCC5)cn4n3)CC2)nc1. The zero-order chi connectivity index (χ0) is 30.2. The highest BCUT2D eigenvalue weighted by atomic mass is 19.4. The van der Waals surface area contributed by atoms with Crippen molar-refractivity contribution in [3.63, 3.8) is 0 Å². The summed E-state index contributed by atoms with van der Waals surface area (Å²) in [6.07, 6.45) is -1.34. The first-order chi connectivity index (χ1) is 19.2. The van der Waals surface area contributed by atoms with Crippen LogP contribution in [0.4, 0.5) is 32.0 Å². The van der Waals surface area contributed by atoms with Gasteiger partial charge >= 0.3 is 24.3 Å². The largest absolute Gasteiger partial charge is 0.490 e. The third kappa shape index (κ3) is 9.58. The predicted molar refractivity (Wildman–Crippen MR) is 133 cm³/mol. The van der Waals surface area contributed by atoms with Gasteiger partial charge in [0.1, 0.15) is 0 Å². The number of carbonyl (C=O) groups is 2. The second-order valence-corrected chi connectivity index (χ2v) is 9.33. The Morgan fingerprint density at radius 2 is 1.46 bits per heavy atom. The molecule has 5 heterocycles. The van der Waals surface area contributed by atoms with Crippen molar-refractivity contribution in [3.05, 3.63) is 54.2 Å². The number of likely N-dealkylation sites (tertiary alicyclic amines) is 1. The molecule has 0 aliphatic carbocycles. The van der Waals surface area contributed by atoms with Crippen molar-refractivity contribution in [1.82, 2.24) is 24.5 Å². The molecule has 0 atom stereocenters. The molecule has 2 aliphatic heterocycles. The highest BCUT2D eigenvalue weighted by Crippen LogP contribution is 2.28. The molecular weight excluding hydrogens is 562 g/mol. The van der Waals surface area contributed by atoms with Crippen molar-refractivity contribution in [3.8, 4) is 0 Å². The van der Waals surface area contributed by atoms with E-state index in [1.165, 1.54) is 18.5 Å². The number of hydrogen-bond acceptors (Lipinski definition) is 7. The Balaban J connectivity index is 0.000000276. The Kier molecular flexibility index (Phi) is 10.5. The number of rotatable bonds is 4. The molecule has 0 unspecified atom stereocenters. The van der Waals surface area contributed by atoms with Crippen LogP contribution in [0.3, 0.4) is 0 Å². The average Bonchev–Trinajstić information content (AvgIpc) is 3.59. The summed E-state index contributed by atoms with van der Waals surface area (Å²) < 4.78 is 65.4. The molecule has 5 rings (SSSR count). The molecule has 0 radical (unpaired) electrons. The zero-order valence-corrected chi connectivity index (χ0v) is 21.6. The number of fused-ring (bicyclic) bond motifs is 1. The second kappa shape index (κ2) is 13.6. The Labute approximate surface area is 230 Å². The molecule has 224 valence electrons. The molecule has 3 aromatic rings. The molecule has 0 bridgehead atoms. The smallest absolute Gasteiger partial charge is 0.475 e. The van der Waals surface area contributed by atoms with Crippen molar-refractivity contribution in [1.29, 1.82) is 0 Å². The number of halogens is 6. The fourth-order valence-electron chi connectivity index (χ4n) is 4.29. The van der Waals surface area contributed by atoms with Crippen LogP contribution >= 0.6 is 0 Å². The monoisotopic (exact) mass is 590 g/mol. The number of piperidine rings is 1. The van der Waals surface area contributed by atoms with Crippen LogP contribution in [0, 0.1) is 0 Å². The average molecular weight is 591 g/mol. The maximum atomic E-state index is 10.6. The number of aromatic nitrogens is 4. The summed E-state index contributed by atoms with van der Waals surface area (Å²) in [4.78, 5) is 32.0. The van der Waals surface area contributed by atoms with Crippen LogP contribution in [0.25, 0.3) is 5.65 Å². The van der Waals surface area contributed by atoms with Gasteiger partial charge in [0.2, 0.25) is 0 Å². The van der Waals surface area contributed by atoms with Gasteiger partial charge in [0.25, 0.3) is 0 Å². The predicted octanol–water partition coefficient (Wildman–Crippen LogP) is 4.37. The number of pyridine rings is 2. The van der Waals surface area contributed by atoms with Gasteiger partial charge < -0.3 is 15.1 Å². The van der Waals surface area contributed by atoms with Gasteiger partial charge in [-0.15, -0.1) is 0 Å². The molecule has 2 fully saturated rings. The maximum Gasteiger partial charge on any atom is 0.490 e. The van der Waals surface area contributed by atoms with Crippen LogP contribution < -0.4 is 4.90 Å². The summed E-state index contributed by atoms with van der Waals surface area (Å²) in [6.45, 7) is 5.40. The molecule has 0 amide bonds. The minimum Gasteiger partial charge on any atom is -0.475 e. The summed E-state index contributed by atoms with van der Waals surface area (Å²) >= 11 is 0. The lowest BCUT2D eigenvalue weighted by atomic mass is 9.96. The van der Waals surface area contributed by atoms with Crippen LogP contribution in [-0.4, -0.2) is 85.2 Å². The Bertz CT molecular complexity index is 1260. The number of nitrogens with zero attached hydrogens (tertiary/aromatic N) is 6. The van der Waals surface area contributed by atoms with Crippen molar-refractivity contribution in [2.45, 2.75) is 50.5 Å². The molecule has 0 aromatic carbocycles. The first-order valence-electron chi connectivity index (χ1n) is 12.6. The summed E-state index contributed by atoms with van der Waals surface area (Å²) in [7, 11) is 0. The summed E-state index contributed by atoms with van der Waals surface area (Å²) in [5.74, 6) is -4.05. The molecule has 0 spiro atoms. The molecule has 3 aromatic heterocycles. The van der Waals surface area contributed by atoms with E-state index < -0.39 is 24.3 Å². The summed E-state index contributed by atoms with van der Waals surface area (Å²) in [5, 5.41) is 19.1. The number of alkyl halides is 6. The lowest BCUT2D eigenvalue weighted by Gasteiger charge is -2.30. The van der Waals surface area contributed by atoms with E-state index in [0.29, 0.717) is 5.92 Å². The first-order valence-corrected chi connectivity index (χ1v) is 12.6. The van der Waals surface area contributed by atoms with Crippen molar-refractivity contribution >= 4 is 23.3 Å². The topological polar surface area (TPSA) is 124 Å². The minimum atomic E-state index is -5.08. The molecule has 2 aliphatic rings. The highest BCUT2D eigenvalue weighted by molar-refractivity contribution is 5.73. The van der Waals surface area contributed by atoms with Gasteiger partial charge in [0.05, 0.1) is 17.6 Å². The van der Waals surface area contributed by atoms with Crippen LogP contribution in [0.1, 0.15) is 43.1 Å². The van der Waals surface area contributed by atoms with Gasteiger partial charge in [0, 0.05) is 31.7 Å². The Morgan fingerprint density at radius 3 is 1.98 bits per heavy atom. The third-order valence-electron chi connectivity index (χ3n) is 6.35. The van der Waals surface area contributed by atoms with E-state index in [-0.39, 0.29) is 0 Å². The van der Waals surface area contributed by atoms with Gasteiger partial charge in [-0.1, -0.05) is 6.07 Å². The number of carboxylic acid groups (broad SMARTS) is 2. The normalized spacial score (nSPS) is 16.5. The lowest BCUT2D eigenvalue weighted by Crippen LogP contribution is -2.33. The molecule has 41 heavy (non-hydrogen) atoms. The van der Waals surface area contributed by atoms with E-state index in [0.717, 1.165) is 62.7 Å². The quantitative estimate of drug-likeness (QED) is 0.427. The van der Waals surface area contributed by atoms with Gasteiger partial charge in [-0.3, -0.25) is 9.88 Å². The minimum absolute atomic E-state index is 0.458. The summed E-state index contributed by atoms with van der Waals surface area (Å²) in [6, 6.07) is 10.4. The van der Waals surface area contributed by atoms with E-state index in [2.05, 4.69) is 45.2 Å². The first kappa shape index (κ1) is 31.6. The van der Waals surface area contributed by atoms with Crippen LogP contribution in [0.5, 0.6) is 0 Å². The van der Waals surface area contributed by atoms with E-state index in [9.17, 15) is 26.3 Å². The zero-order valence-electron chi connectivity index (χ0n) is 21.6. The number of carboxylic acids is 2. The van der Waals surface area contributed by atoms with Crippen molar-refractivity contribution < 1.29 is 46.1 Å². The molecular formula is C25H28F6N6O4. The standard InChI is InChI=1S/C21H26N6.2C2HF3O2/c1-2-10-22-18(5-1)15-25-13-8-17(9-14-25)21-23-20-7-6-19(16-27(20)24-21)26-11-3-4-12-26;2*3-2(4,5)1(6)7/h1-2,5-7,10,16-17H,3-4,8-9,11-15H2;2*(H,6,7). The molecule has 16 heteroatoms. The van der Waals surface area contributed by atoms with Crippen LogP contribution in [0.15, 0.2) is 42.7 Å². The highest BCUT2D eigenvalue weighted by Gasteiger charge is 2.38. The van der Waals surface area contributed by atoms with Crippen LogP contribution in [-0.2, 0) is 16.1 Å². The number of aliphatic carboxylic acids is 2. The van der Waals surface area contributed by atoms with E-state index in [1.807, 2.05) is 16.8 Å². The van der Waals surface area contributed by atoms with Crippen LogP contribution in [0.2, 0.25) is 0 Å². The fraction of sp³-hybridized carbons (Fsp3) is 0.480. The fourth-order valence-corrected chi connectivity index (χ4v) is 4.29. The van der Waals surface area contributed by atoms with Gasteiger partial charge in [-0.2, -0.15) is 31.4 Å². The second-order valence-electron chi connectivity index (χ2n) is 9.33. The molecule has 2 saturated heterocycles. The van der Waals surface area contributed by atoms with Crippen molar-refractivity contribution in [2.75, 3.05) is 31.1 Å². The third-order valence-corrected chi connectivity index (χ3v) is 6.35. The van der Waals surface area contributed by atoms with Gasteiger partial charge in [-0.25, -0.2) is 19.1 Å². The maximum absolute atomic E-state index is 10.6. The van der Waals surface area contributed by atoms with E-state index in [1.54, 1.807) is 0 Å². The molecule has 0 saturated carbocycles. The van der Waals surface area contributed by atoms with Crippen molar-refractivity contribution in [2.24, 2.45) is 0 Å². The van der Waals surface area contributed by atoms with Gasteiger partial charge in [-0.05, 0) is 63.0 Å². The number of anilines is 1. The Hall–Kier alpha value is -3.95. The van der Waals surface area contributed by atoms with E-state index in [4.69, 9.17) is 29.9 Å². The van der Waals surface area contributed by atoms with Gasteiger partial charge in [0.15, 0.2) is 11.5 Å². The number of hydrogen-bond donors (Lipinski definition) is 2. The molecule has 10 nitrogen and oxygen atoms in total. The lowest BCUT2D eigenvalue weighted by molar-refractivity contribution is -0.193. The Morgan fingerprint density at radius 1 is 0.878 bits per heavy atom. The van der Waals surface area contributed by atoms with E-state index >= 15 is 0 Å². The molecule has 2 N–H and O–H groups in total.